The third-order valence-corrected chi connectivity index (χ3v) is 2.83. The van der Waals surface area contributed by atoms with E-state index in [4.69, 9.17) is 6.42 Å². The molecule has 1 amide bonds. The van der Waals surface area contributed by atoms with E-state index in [1.807, 2.05) is 38.1 Å². The fourth-order valence-corrected chi connectivity index (χ4v) is 1.65. The minimum Gasteiger partial charge on any atom is -0.325 e. The average molecular weight is 244 g/mol. The number of hydrogen-bond acceptors (Lipinski definition) is 2. The smallest absolute Gasteiger partial charge is 0.238 e. The van der Waals surface area contributed by atoms with E-state index in [1.54, 1.807) is 0 Å². The van der Waals surface area contributed by atoms with Crippen molar-refractivity contribution in [2.75, 3.05) is 11.9 Å². The molecule has 0 aliphatic carbocycles. The molecule has 0 aromatic heterocycles. The molecule has 0 saturated carbocycles. The first-order valence-electron chi connectivity index (χ1n) is 6.19. The van der Waals surface area contributed by atoms with Crippen molar-refractivity contribution in [3.05, 3.63) is 29.8 Å². The summed E-state index contributed by atoms with van der Waals surface area (Å²) >= 11 is 0. The molecule has 0 aliphatic heterocycles. The number of anilines is 1. The minimum atomic E-state index is -0.0419. The third-order valence-electron chi connectivity index (χ3n) is 2.83. The molecular formula is C15H20N2O. The number of amides is 1. The largest absolute Gasteiger partial charge is 0.325 e. The zero-order valence-corrected chi connectivity index (χ0v) is 11.0. The van der Waals surface area contributed by atoms with Crippen LogP contribution < -0.4 is 10.6 Å². The van der Waals surface area contributed by atoms with Gasteiger partial charge in [-0.15, -0.1) is 12.3 Å². The van der Waals surface area contributed by atoms with E-state index in [1.165, 1.54) is 0 Å². The molecule has 0 fully saturated rings. The van der Waals surface area contributed by atoms with E-state index < -0.39 is 0 Å². The van der Waals surface area contributed by atoms with Gasteiger partial charge in [0, 0.05) is 18.2 Å². The Bertz CT molecular complexity index is 434. The topological polar surface area (TPSA) is 41.1 Å². The quantitative estimate of drug-likeness (QED) is 0.754. The predicted molar refractivity (Wildman–Crippen MR) is 75.3 cm³/mol. The molecule has 0 saturated heterocycles. The predicted octanol–water partition coefficient (Wildman–Crippen LogP) is 2.33. The lowest BCUT2D eigenvalue weighted by atomic mass is 10.1. The highest BCUT2D eigenvalue weighted by atomic mass is 16.1. The molecule has 0 aliphatic rings. The Morgan fingerprint density at radius 1 is 1.44 bits per heavy atom. The van der Waals surface area contributed by atoms with Crippen LogP contribution in [0, 0.1) is 19.3 Å². The summed E-state index contributed by atoms with van der Waals surface area (Å²) in [5.41, 5.74) is 1.91. The molecule has 0 radical (unpaired) electrons. The number of carbonyl (C=O) groups excluding carboxylic acids is 1. The number of benzene rings is 1. The summed E-state index contributed by atoms with van der Waals surface area (Å²) < 4.78 is 0. The highest BCUT2D eigenvalue weighted by molar-refractivity contribution is 5.92. The number of para-hydroxylation sites is 1. The zero-order valence-electron chi connectivity index (χ0n) is 11.0. The lowest BCUT2D eigenvalue weighted by molar-refractivity contribution is -0.115. The van der Waals surface area contributed by atoms with E-state index >= 15 is 0 Å². The van der Waals surface area contributed by atoms with Crippen molar-refractivity contribution in [2.45, 2.75) is 32.7 Å². The van der Waals surface area contributed by atoms with Crippen LogP contribution in [-0.4, -0.2) is 18.5 Å². The first-order valence-corrected chi connectivity index (χ1v) is 6.19. The molecule has 96 valence electrons. The molecule has 0 bridgehead atoms. The lowest BCUT2D eigenvalue weighted by Gasteiger charge is -2.14. The van der Waals surface area contributed by atoms with Gasteiger partial charge in [-0.1, -0.05) is 25.1 Å². The number of hydrogen-bond donors (Lipinski definition) is 2. The SMILES string of the molecule is C#CCC(CC)NCC(=O)Nc1ccccc1C. The van der Waals surface area contributed by atoms with E-state index in [0.717, 1.165) is 17.7 Å². The maximum absolute atomic E-state index is 11.8. The summed E-state index contributed by atoms with van der Waals surface area (Å²) in [5, 5.41) is 6.03. The first kappa shape index (κ1) is 14.3. The summed E-state index contributed by atoms with van der Waals surface area (Å²) in [4.78, 5) is 11.8. The fourth-order valence-electron chi connectivity index (χ4n) is 1.65. The van der Waals surface area contributed by atoms with Gasteiger partial charge in [-0.2, -0.15) is 0 Å². The molecule has 1 aromatic carbocycles. The zero-order chi connectivity index (χ0) is 13.4. The molecule has 0 spiro atoms. The van der Waals surface area contributed by atoms with Crippen LogP contribution in [0.3, 0.4) is 0 Å². The summed E-state index contributed by atoms with van der Waals surface area (Å²) in [7, 11) is 0. The Morgan fingerprint density at radius 3 is 2.78 bits per heavy atom. The Kier molecular flexibility index (Phi) is 5.96. The van der Waals surface area contributed by atoms with Crippen LogP contribution in [0.4, 0.5) is 5.69 Å². The van der Waals surface area contributed by atoms with Crippen LogP contribution in [0.2, 0.25) is 0 Å². The van der Waals surface area contributed by atoms with Crippen LogP contribution in [0.25, 0.3) is 0 Å². The minimum absolute atomic E-state index is 0.0419. The van der Waals surface area contributed by atoms with E-state index in [9.17, 15) is 4.79 Å². The Labute approximate surface area is 109 Å². The molecule has 1 rings (SSSR count). The third kappa shape index (κ3) is 4.60. The molecule has 1 atom stereocenters. The van der Waals surface area contributed by atoms with Crippen LogP contribution >= 0.6 is 0 Å². The van der Waals surface area contributed by atoms with Crippen LogP contribution in [-0.2, 0) is 4.79 Å². The van der Waals surface area contributed by atoms with Crippen molar-refractivity contribution in [3.8, 4) is 12.3 Å². The second-order valence-corrected chi connectivity index (χ2v) is 4.26. The van der Waals surface area contributed by atoms with Crippen LogP contribution in [0.1, 0.15) is 25.3 Å². The molecule has 0 heterocycles. The second-order valence-electron chi connectivity index (χ2n) is 4.26. The average Bonchev–Trinajstić information content (AvgIpc) is 2.37. The molecule has 2 N–H and O–H groups in total. The second kappa shape index (κ2) is 7.52. The molecule has 1 unspecified atom stereocenters. The maximum Gasteiger partial charge on any atom is 0.238 e. The van der Waals surface area contributed by atoms with Crippen molar-refractivity contribution < 1.29 is 4.79 Å². The Balaban J connectivity index is 2.43. The molecular weight excluding hydrogens is 224 g/mol. The highest BCUT2D eigenvalue weighted by Gasteiger charge is 2.08. The van der Waals surface area contributed by atoms with Crippen molar-refractivity contribution in [1.82, 2.24) is 5.32 Å². The van der Waals surface area contributed by atoms with Gasteiger partial charge in [-0.05, 0) is 25.0 Å². The first-order chi connectivity index (χ1) is 8.67. The van der Waals surface area contributed by atoms with Crippen molar-refractivity contribution in [1.29, 1.82) is 0 Å². The normalized spacial score (nSPS) is 11.6. The standard InChI is InChI=1S/C15H20N2O/c1-4-8-13(5-2)16-11-15(18)17-14-10-7-6-9-12(14)3/h1,6-7,9-10,13,16H,5,8,11H2,2-3H3,(H,17,18). The van der Waals surface area contributed by atoms with Gasteiger partial charge in [0.1, 0.15) is 0 Å². The fraction of sp³-hybridized carbons (Fsp3) is 0.400. The van der Waals surface area contributed by atoms with E-state index in [0.29, 0.717) is 6.42 Å². The van der Waals surface area contributed by atoms with E-state index in [2.05, 4.69) is 16.6 Å². The summed E-state index contributed by atoms with van der Waals surface area (Å²) in [5.74, 6) is 2.57. The lowest BCUT2D eigenvalue weighted by Crippen LogP contribution is -2.35. The maximum atomic E-state index is 11.8. The molecule has 1 aromatic rings. The number of carbonyl (C=O) groups is 1. The van der Waals surface area contributed by atoms with Gasteiger partial charge in [0.25, 0.3) is 0 Å². The van der Waals surface area contributed by atoms with Crippen LogP contribution in [0.15, 0.2) is 24.3 Å². The summed E-state index contributed by atoms with van der Waals surface area (Å²) in [6.07, 6.45) is 6.83. The molecule has 3 heteroatoms. The monoisotopic (exact) mass is 244 g/mol. The van der Waals surface area contributed by atoms with Gasteiger partial charge in [0.2, 0.25) is 5.91 Å². The van der Waals surface area contributed by atoms with Crippen LogP contribution in [0.5, 0.6) is 0 Å². The summed E-state index contributed by atoms with van der Waals surface area (Å²) in [6, 6.07) is 7.92. The summed E-state index contributed by atoms with van der Waals surface area (Å²) in [6.45, 7) is 4.30. The molecule has 18 heavy (non-hydrogen) atoms. The number of rotatable bonds is 6. The Morgan fingerprint density at radius 2 is 2.17 bits per heavy atom. The highest BCUT2D eigenvalue weighted by Crippen LogP contribution is 2.12. The van der Waals surface area contributed by atoms with Gasteiger partial charge >= 0.3 is 0 Å². The van der Waals surface area contributed by atoms with E-state index in [-0.39, 0.29) is 18.5 Å². The number of aryl methyl sites for hydroxylation is 1. The molecule has 3 nitrogen and oxygen atoms in total. The van der Waals surface area contributed by atoms with Crippen molar-refractivity contribution >= 4 is 11.6 Å². The number of terminal acetylenes is 1. The van der Waals surface area contributed by atoms with Gasteiger partial charge < -0.3 is 10.6 Å². The van der Waals surface area contributed by atoms with Gasteiger partial charge in [0.05, 0.1) is 6.54 Å². The van der Waals surface area contributed by atoms with Gasteiger partial charge in [-0.3, -0.25) is 4.79 Å². The van der Waals surface area contributed by atoms with Gasteiger partial charge in [0.15, 0.2) is 0 Å². The van der Waals surface area contributed by atoms with Crippen molar-refractivity contribution in [2.24, 2.45) is 0 Å². The van der Waals surface area contributed by atoms with Crippen molar-refractivity contribution in [3.63, 3.8) is 0 Å². The Hall–Kier alpha value is -1.79. The number of nitrogens with one attached hydrogen (secondary N) is 2. The van der Waals surface area contributed by atoms with Gasteiger partial charge in [-0.25, -0.2) is 0 Å².